The second kappa shape index (κ2) is 27.6. The van der Waals surface area contributed by atoms with Crippen molar-refractivity contribution in [1.82, 2.24) is 53.1 Å². The van der Waals surface area contributed by atoms with E-state index in [9.17, 15) is 44.7 Å². The third kappa shape index (κ3) is 14.8. The van der Waals surface area contributed by atoms with Crippen molar-refractivity contribution >= 4 is 65.6 Å². The number of anilines is 2. The molecule has 91 heavy (non-hydrogen) atoms. The van der Waals surface area contributed by atoms with Gasteiger partial charge in [0.1, 0.15) is 23.0 Å². The molecule has 8 N–H and O–H groups in total. The van der Waals surface area contributed by atoms with E-state index in [-0.39, 0.29) is 121 Å². The third-order valence-corrected chi connectivity index (χ3v) is 18.5. The number of rotatable bonds is 15. The number of nitrogens with zero attached hydrogens (tertiary/aromatic N) is 10. The van der Waals surface area contributed by atoms with Crippen molar-refractivity contribution in [3.63, 3.8) is 0 Å². The number of aliphatic hydroxyl groups excluding tert-OH is 2. The Labute approximate surface area is 518 Å². The summed E-state index contributed by atoms with van der Waals surface area (Å²) in [7, 11) is -8.19. The smallest absolute Gasteiger partial charge is 0.354 e. The normalized spacial score (nSPS) is 16.7. The molecule has 1 amide bonds. The van der Waals surface area contributed by atoms with Gasteiger partial charge in [-0.2, -0.15) is 0 Å². The van der Waals surface area contributed by atoms with Crippen LogP contribution in [-0.4, -0.2) is 116 Å². The van der Waals surface area contributed by atoms with Crippen LogP contribution in [0.4, 0.5) is 29.2 Å². The van der Waals surface area contributed by atoms with E-state index in [0.29, 0.717) is 36.8 Å². The molecule has 23 nitrogen and oxygen atoms in total. The standard InChI is InChI=1S/C31H29F2N7O4S.C24H24F2N6O2S.C7H7NO3/c1-18-5-7-23(8-6-18)45(43,44)40-16-25(24-12-20(32)14-36-30(24)40)28-35-15-26(33)29(39-28)37-21-3-2-4-22(13-21)38-31(42)27-11-19(17-41)9-10-34-27;1-14-5-7-18(8-6-14)35(33,34)32-13-20(19-9-15(25)11-29-24(19)32)22-28-12-21(26)23(31-22)30-17-4-2-3-16(27)10-17;9-4-5-1-2-8-6(3-5)7(10)11/h5-12,14-16,21-22,41H,2-4,13,17H2,1H3,(H,38,42)(H,35,37,39);5-9,11-13,16-17H,2-4,10,27H2,1H3,(H,28,30,31);1-3,9H,4H2,(H,10,11)/t21-,22+;16-,17+;/m01./s1. The average Bonchev–Trinajstić information content (AvgIpc) is 1.63. The molecule has 4 atom stereocenters. The molecule has 8 aromatic heterocycles. The number of aliphatic hydroxyl groups is 2. The molecule has 472 valence electrons. The van der Waals surface area contributed by atoms with Crippen LogP contribution >= 0.6 is 0 Å². The zero-order valence-electron chi connectivity index (χ0n) is 48.8. The minimum Gasteiger partial charge on any atom is -0.477 e. The number of carboxylic acids is 1. The molecular weight excluding hydrogens is 1220 g/mol. The van der Waals surface area contributed by atoms with Crippen molar-refractivity contribution in [2.75, 3.05) is 10.6 Å². The number of aryl methyl sites for hydroxylation is 2. The fraction of sp³-hybridized carbons (Fsp3) is 0.258. The Bertz CT molecular complexity index is 4560. The summed E-state index contributed by atoms with van der Waals surface area (Å²) in [6.45, 7) is 3.31. The van der Waals surface area contributed by atoms with Crippen LogP contribution in [0.15, 0.2) is 144 Å². The van der Waals surface area contributed by atoms with E-state index in [1.165, 1.54) is 67.3 Å². The number of benzene rings is 2. The highest BCUT2D eigenvalue weighted by molar-refractivity contribution is 7.90. The van der Waals surface area contributed by atoms with Gasteiger partial charge < -0.3 is 37.0 Å². The fourth-order valence-corrected chi connectivity index (χ4v) is 13.2. The van der Waals surface area contributed by atoms with Crippen molar-refractivity contribution in [2.45, 2.75) is 112 Å². The van der Waals surface area contributed by atoms with E-state index in [0.717, 1.165) is 75.6 Å². The van der Waals surface area contributed by atoms with Crippen molar-refractivity contribution in [3.05, 3.63) is 191 Å². The van der Waals surface area contributed by atoms with Crippen LogP contribution in [0.5, 0.6) is 0 Å². The molecule has 12 rings (SSSR count). The highest BCUT2D eigenvalue weighted by Crippen LogP contribution is 2.35. The van der Waals surface area contributed by atoms with Gasteiger partial charge in [0.25, 0.3) is 26.0 Å². The van der Waals surface area contributed by atoms with Crippen LogP contribution in [0.1, 0.15) is 94.6 Å². The molecule has 0 unspecified atom stereocenters. The summed E-state index contributed by atoms with van der Waals surface area (Å²) in [5.74, 6) is -4.27. The summed E-state index contributed by atoms with van der Waals surface area (Å²) in [6, 6.07) is 20.5. The Kier molecular flexibility index (Phi) is 19.5. The summed E-state index contributed by atoms with van der Waals surface area (Å²) < 4.78 is 114. The van der Waals surface area contributed by atoms with Gasteiger partial charge in [0.15, 0.2) is 46.2 Å². The minimum atomic E-state index is -4.13. The fourth-order valence-electron chi connectivity index (χ4n) is 10.5. The van der Waals surface area contributed by atoms with Gasteiger partial charge in [-0.3, -0.25) is 9.78 Å². The number of carbonyl (C=O) groups excluding carboxylic acids is 1. The van der Waals surface area contributed by atoms with Gasteiger partial charge in [-0.15, -0.1) is 0 Å². The number of halogens is 4. The largest absolute Gasteiger partial charge is 0.477 e. The second-order valence-electron chi connectivity index (χ2n) is 21.8. The first-order valence-electron chi connectivity index (χ1n) is 28.6. The number of amides is 1. The molecule has 2 saturated carbocycles. The quantitative estimate of drug-likeness (QED) is 0.0472. The molecule has 0 bridgehead atoms. The number of hydrogen-bond donors (Lipinski definition) is 7. The molecule has 2 aliphatic rings. The van der Waals surface area contributed by atoms with Crippen LogP contribution in [0, 0.1) is 37.1 Å². The van der Waals surface area contributed by atoms with Gasteiger partial charge in [-0.25, -0.2) is 82.0 Å². The minimum absolute atomic E-state index is 0.0132. The van der Waals surface area contributed by atoms with E-state index >= 15 is 4.39 Å². The molecular formula is C62H60F4N14O9S2. The van der Waals surface area contributed by atoms with E-state index in [4.69, 9.17) is 15.9 Å². The number of carboxylic acid groups (broad SMARTS) is 1. The Balaban J connectivity index is 0.000000175. The maximum atomic E-state index is 15.0. The topological polar surface area (TPSA) is 338 Å². The molecule has 0 spiro atoms. The molecule has 29 heteroatoms. The number of nitrogens with two attached hydrogens (primary N) is 1. The zero-order chi connectivity index (χ0) is 64.7. The van der Waals surface area contributed by atoms with Crippen LogP contribution in [-0.2, 0) is 33.3 Å². The third-order valence-electron chi connectivity index (χ3n) is 15.2. The first-order valence-corrected chi connectivity index (χ1v) is 31.4. The number of fused-ring (bicyclic) bond motifs is 2. The van der Waals surface area contributed by atoms with Crippen molar-refractivity contribution < 1.29 is 59.3 Å². The molecule has 0 aliphatic heterocycles. The number of carbonyl (C=O) groups is 2. The summed E-state index contributed by atoms with van der Waals surface area (Å²) in [5, 5.41) is 35.9. The number of nitrogens with one attached hydrogen (secondary N) is 3. The molecule has 8 heterocycles. The van der Waals surface area contributed by atoms with E-state index in [2.05, 4.69) is 55.8 Å². The average molecular weight is 1290 g/mol. The van der Waals surface area contributed by atoms with Gasteiger partial charge in [-0.05, 0) is 137 Å². The Hall–Kier alpha value is -9.68. The van der Waals surface area contributed by atoms with Gasteiger partial charge >= 0.3 is 5.97 Å². The van der Waals surface area contributed by atoms with Gasteiger partial charge in [0.05, 0.1) is 47.8 Å². The van der Waals surface area contributed by atoms with Gasteiger partial charge in [-0.1, -0.05) is 35.4 Å². The summed E-state index contributed by atoms with van der Waals surface area (Å²) in [6.07, 6.45) is 15.2. The summed E-state index contributed by atoms with van der Waals surface area (Å²) in [4.78, 5) is 55.8. The summed E-state index contributed by atoms with van der Waals surface area (Å²) >= 11 is 0. The Morgan fingerprint density at radius 1 is 0.571 bits per heavy atom. The Morgan fingerprint density at radius 3 is 1.47 bits per heavy atom. The first kappa shape index (κ1) is 64.3. The molecule has 0 radical (unpaired) electrons. The van der Waals surface area contributed by atoms with E-state index in [1.54, 1.807) is 36.4 Å². The summed E-state index contributed by atoms with van der Waals surface area (Å²) in [5.41, 5.74) is 9.46. The lowest BCUT2D eigenvalue weighted by Gasteiger charge is -2.30. The lowest BCUT2D eigenvalue weighted by molar-refractivity contribution is 0.0689. The van der Waals surface area contributed by atoms with Gasteiger partial charge in [0, 0.05) is 70.9 Å². The van der Waals surface area contributed by atoms with Crippen LogP contribution < -0.4 is 21.7 Å². The highest BCUT2D eigenvalue weighted by Gasteiger charge is 2.30. The zero-order valence-corrected chi connectivity index (χ0v) is 50.4. The monoisotopic (exact) mass is 1280 g/mol. The number of hydrogen-bond acceptors (Lipinski definition) is 19. The SMILES string of the molecule is Cc1ccc(S(=O)(=O)n2cc(-c3ncc(F)c(N[C@H]4CCC[C@@H](N)C4)n3)c3cc(F)cnc32)cc1.Cc1ccc(S(=O)(=O)n2cc(-c3ncc(F)c(N[C@H]4CCC[C@@H](NC(=O)c5cc(CO)ccn5)C4)n3)c3cc(F)cnc32)cc1.O=C(O)c1cc(CO)ccn1. The molecule has 10 aromatic rings. The van der Waals surface area contributed by atoms with Crippen LogP contribution in [0.2, 0.25) is 0 Å². The van der Waals surface area contributed by atoms with Crippen molar-refractivity contribution in [2.24, 2.45) is 5.73 Å². The maximum absolute atomic E-state index is 15.0. The van der Waals surface area contributed by atoms with E-state index in [1.807, 2.05) is 13.8 Å². The molecule has 0 saturated heterocycles. The maximum Gasteiger partial charge on any atom is 0.354 e. The first-order chi connectivity index (χ1) is 43.6. The van der Waals surface area contributed by atoms with Crippen molar-refractivity contribution in [3.8, 4) is 22.8 Å². The van der Waals surface area contributed by atoms with Gasteiger partial charge in [0.2, 0.25) is 0 Å². The Morgan fingerprint density at radius 2 is 1.01 bits per heavy atom. The van der Waals surface area contributed by atoms with Crippen LogP contribution in [0.25, 0.3) is 44.8 Å². The predicted molar refractivity (Wildman–Crippen MR) is 327 cm³/mol. The van der Waals surface area contributed by atoms with E-state index < -0.39 is 49.3 Å². The predicted octanol–water partition coefficient (Wildman–Crippen LogP) is 8.63. The second-order valence-corrected chi connectivity index (χ2v) is 25.4. The number of aromatic carboxylic acids is 1. The molecule has 2 aromatic carbocycles. The lowest BCUT2D eigenvalue weighted by Crippen LogP contribution is -2.42. The highest BCUT2D eigenvalue weighted by atomic mass is 32.2. The molecule has 2 aliphatic carbocycles. The number of aromatic nitrogens is 10. The van der Waals surface area contributed by atoms with Crippen LogP contribution in [0.3, 0.4) is 0 Å². The lowest BCUT2D eigenvalue weighted by atomic mass is 9.91. The molecule has 2 fully saturated rings. The van der Waals surface area contributed by atoms with Crippen molar-refractivity contribution in [1.29, 1.82) is 0 Å². The number of pyridine rings is 4.